The zero-order valence-electron chi connectivity index (χ0n) is 11.6. The summed E-state index contributed by atoms with van der Waals surface area (Å²) in [5, 5.41) is 4.15. The molecule has 0 aromatic heterocycles. The molecule has 1 saturated carbocycles. The normalized spacial score (nSPS) is 14.9. The van der Waals surface area contributed by atoms with E-state index in [2.05, 4.69) is 17.3 Å². The van der Waals surface area contributed by atoms with E-state index >= 15 is 0 Å². The molecule has 0 radical (unpaired) electrons. The second-order valence-corrected chi connectivity index (χ2v) is 5.69. The zero-order chi connectivity index (χ0) is 13.5. The quantitative estimate of drug-likeness (QED) is 0.705. The average Bonchev–Trinajstić information content (AvgIpc) is 3.21. The number of rotatable bonds is 9. The monoisotopic (exact) mass is 282 g/mol. The van der Waals surface area contributed by atoms with Crippen molar-refractivity contribution in [1.82, 2.24) is 4.90 Å². The van der Waals surface area contributed by atoms with E-state index in [1.807, 2.05) is 24.3 Å². The molecule has 19 heavy (non-hydrogen) atoms. The van der Waals surface area contributed by atoms with Gasteiger partial charge in [-0.15, -0.1) is 0 Å². The van der Waals surface area contributed by atoms with Gasteiger partial charge in [0.05, 0.1) is 6.61 Å². The van der Waals surface area contributed by atoms with Crippen LogP contribution in [0.1, 0.15) is 12.8 Å². The maximum atomic E-state index is 5.84. The van der Waals surface area contributed by atoms with Crippen molar-refractivity contribution in [3.8, 4) is 0 Å². The van der Waals surface area contributed by atoms with E-state index in [9.17, 15) is 0 Å². The highest BCUT2D eigenvalue weighted by molar-refractivity contribution is 6.30. The first-order valence-electron chi connectivity index (χ1n) is 7.00. The van der Waals surface area contributed by atoms with Gasteiger partial charge in [0.1, 0.15) is 0 Å². The SMILES string of the molecule is CN(CCNc1ccc(Cl)cc1)CCOCC1CC1. The minimum atomic E-state index is 0.774. The molecule has 2 rings (SSSR count). The molecule has 1 aromatic carbocycles. The number of benzene rings is 1. The molecule has 106 valence electrons. The fraction of sp³-hybridized carbons (Fsp3) is 0.600. The Morgan fingerprint density at radius 1 is 1.26 bits per heavy atom. The van der Waals surface area contributed by atoms with Crippen LogP contribution < -0.4 is 5.32 Å². The maximum Gasteiger partial charge on any atom is 0.0593 e. The predicted octanol–water partition coefficient (Wildman–Crippen LogP) is 3.11. The number of likely N-dealkylation sites (N-methyl/N-ethyl adjacent to an activating group) is 1. The fourth-order valence-corrected chi connectivity index (χ4v) is 1.95. The molecular weight excluding hydrogens is 260 g/mol. The summed E-state index contributed by atoms with van der Waals surface area (Å²) in [6, 6.07) is 7.81. The van der Waals surface area contributed by atoms with Gasteiger partial charge >= 0.3 is 0 Å². The minimum absolute atomic E-state index is 0.774. The number of nitrogens with zero attached hydrogens (tertiary/aromatic N) is 1. The first-order chi connectivity index (χ1) is 9.24. The topological polar surface area (TPSA) is 24.5 Å². The summed E-state index contributed by atoms with van der Waals surface area (Å²) in [6.45, 7) is 4.73. The van der Waals surface area contributed by atoms with Crippen molar-refractivity contribution in [2.75, 3.05) is 45.2 Å². The van der Waals surface area contributed by atoms with Crippen LogP contribution in [-0.2, 0) is 4.74 Å². The summed E-state index contributed by atoms with van der Waals surface area (Å²) in [7, 11) is 2.13. The highest BCUT2D eigenvalue weighted by Gasteiger charge is 2.20. The maximum absolute atomic E-state index is 5.84. The van der Waals surface area contributed by atoms with Crippen LogP contribution in [0.15, 0.2) is 24.3 Å². The Hall–Kier alpha value is -0.770. The van der Waals surface area contributed by atoms with Crippen LogP contribution in [0, 0.1) is 5.92 Å². The number of nitrogens with one attached hydrogen (secondary N) is 1. The van der Waals surface area contributed by atoms with E-state index < -0.39 is 0 Å². The van der Waals surface area contributed by atoms with E-state index in [4.69, 9.17) is 16.3 Å². The Balaban J connectivity index is 1.50. The number of hydrogen-bond donors (Lipinski definition) is 1. The zero-order valence-corrected chi connectivity index (χ0v) is 12.3. The molecule has 1 aromatic rings. The molecule has 3 nitrogen and oxygen atoms in total. The van der Waals surface area contributed by atoms with Crippen LogP contribution in [0.25, 0.3) is 0 Å². The number of ether oxygens (including phenoxy) is 1. The number of hydrogen-bond acceptors (Lipinski definition) is 3. The van der Waals surface area contributed by atoms with E-state index in [0.29, 0.717) is 0 Å². The van der Waals surface area contributed by atoms with Crippen LogP contribution in [0.5, 0.6) is 0 Å². The summed E-state index contributed by atoms with van der Waals surface area (Å²) in [6.07, 6.45) is 2.72. The molecule has 1 aliphatic rings. The van der Waals surface area contributed by atoms with Gasteiger partial charge < -0.3 is 15.0 Å². The van der Waals surface area contributed by atoms with Crippen molar-refractivity contribution < 1.29 is 4.74 Å². The lowest BCUT2D eigenvalue weighted by Gasteiger charge is -2.17. The van der Waals surface area contributed by atoms with Crippen molar-refractivity contribution in [2.45, 2.75) is 12.8 Å². The van der Waals surface area contributed by atoms with Crippen LogP contribution in [0.2, 0.25) is 5.02 Å². The molecule has 0 aliphatic heterocycles. The summed E-state index contributed by atoms with van der Waals surface area (Å²) >= 11 is 5.84. The Kier molecular flexibility index (Phi) is 5.95. The third kappa shape index (κ3) is 6.28. The molecular formula is C15H23ClN2O. The second-order valence-electron chi connectivity index (χ2n) is 5.26. The lowest BCUT2D eigenvalue weighted by Crippen LogP contribution is -2.28. The summed E-state index contributed by atoms with van der Waals surface area (Å²) in [5.41, 5.74) is 1.11. The molecule has 4 heteroatoms. The standard InChI is InChI=1S/C15H23ClN2O/c1-18(10-11-19-12-13-2-3-13)9-8-17-15-6-4-14(16)5-7-15/h4-7,13,17H,2-3,8-12H2,1H3. The summed E-state index contributed by atoms with van der Waals surface area (Å²) < 4.78 is 5.63. The Bertz CT molecular complexity index is 365. The van der Waals surface area contributed by atoms with Gasteiger partial charge in [0, 0.05) is 37.0 Å². The van der Waals surface area contributed by atoms with Crippen LogP contribution >= 0.6 is 11.6 Å². The molecule has 1 aliphatic carbocycles. The molecule has 0 spiro atoms. The van der Waals surface area contributed by atoms with Crippen LogP contribution in [-0.4, -0.2) is 44.8 Å². The summed E-state index contributed by atoms with van der Waals surface area (Å²) in [5.74, 6) is 0.858. The number of anilines is 1. The number of halogens is 1. The average molecular weight is 283 g/mol. The van der Waals surface area contributed by atoms with E-state index in [1.54, 1.807) is 0 Å². The Morgan fingerprint density at radius 2 is 2.00 bits per heavy atom. The van der Waals surface area contributed by atoms with Gasteiger partial charge in [-0.3, -0.25) is 0 Å². The minimum Gasteiger partial charge on any atom is -0.384 e. The second kappa shape index (κ2) is 7.73. The van der Waals surface area contributed by atoms with Gasteiger partial charge in [-0.05, 0) is 50.1 Å². The van der Waals surface area contributed by atoms with Crippen LogP contribution in [0.4, 0.5) is 5.69 Å². The van der Waals surface area contributed by atoms with Crippen molar-refractivity contribution in [3.63, 3.8) is 0 Å². The first-order valence-corrected chi connectivity index (χ1v) is 7.37. The first kappa shape index (κ1) is 14.6. The predicted molar refractivity (Wildman–Crippen MR) is 81.0 cm³/mol. The van der Waals surface area contributed by atoms with Gasteiger partial charge in [0.2, 0.25) is 0 Å². The van der Waals surface area contributed by atoms with Crippen molar-refractivity contribution in [3.05, 3.63) is 29.3 Å². The fourth-order valence-electron chi connectivity index (χ4n) is 1.83. The smallest absolute Gasteiger partial charge is 0.0593 e. The van der Waals surface area contributed by atoms with Gasteiger partial charge in [-0.2, -0.15) is 0 Å². The van der Waals surface area contributed by atoms with Crippen LogP contribution in [0.3, 0.4) is 0 Å². The van der Waals surface area contributed by atoms with Gasteiger partial charge in [0.15, 0.2) is 0 Å². The summed E-state index contributed by atoms with van der Waals surface area (Å²) in [4.78, 5) is 2.29. The third-order valence-corrected chi connectivity index (χ3v) is 3.59. The molecule has 0 atom stereocenters. The Morgan fingerprint density at radius 3 is 2.68 bits per heavy atom. The van der Waals surface area contributed by atoms with Crippen molar-refractivity contribution >= 4 is 17.3 Å². The molecule has 0 amide bonds. The van der Waals surface area contributed by atoms with E-state index in [0.717, 1.165) is 49.5 Å². The highest BCUT2D eigenvalue weighted by Crippen LogP contribution is 2.28. The Labute approximate surface area is 120 Å². The highest BCUT2D eigenvalue weighted by atomic mass is 35.5. The third-order valence-electron chi connectivity index (χ3n) is 3.33. The van der Waals surface area contributed by atoms with E-state index in [1.165, 1.54) is 12.8 Å². The van der Waals surface area contributed by atoms with E-state index in [-0.39, 0.29) is 0 Å². The van der Waals surface area contributed by atoms with Gasteiger partial charge in [-0.25, -0.2) is 0 Å². The lowest BCUT2D eigenvalue weighted by molar-refractivity contribution is 0.104. The lowest BCUT2D eigenvalue weighted by atomic mass is 10.3. The molecule has 0 saturated heterocycles. The molecule has 0 unspecified atom stereocenters. The van der Waals surface area contributed by atoms with Gasteiger partial charge in [0.25, 0.3) is 0 Å². The van der Waals surface area contributed by atoms with Crippen molar-refractivity contribution in [1.29, 1.82) is 0 Å². The molecule has 0 heterocycles. The van der Waals surface area contributed by atoms with Crippen molar-refractivity contribution in [2.24, 2.45) is 5.92 Å². The largest absolute Gasteiger partial charge is 0.384 e. The molecule has 0 bridgehead atoms. The van der Waals surface area contributed by atoms with Gasteiger partial charge in [-0.1, -0.05) is 11.6 Å². The molecule has 1 N–H and O–H groups in total. The molecule has 1 fully saturated rings.